The monoisotopic (exact) mass is 255 g/mol. The number of piperidine rings is 1. The molecule has 0 aromatic carbocycles. The van der Waals surface area contributed by atoms with E-state index in [1.165, 1.54) is 37.9 Å². The number of thiocarbonyl (C=S) groups is 1. The van der Waals surface area contributed by atoms with Crippen molar-refractivity contribution in [1.29, 1.82) is 0 Å². The third-order valence-electron chi connectivity index (χ3n) is 2.94. The molecule has 0 unspecified atom stereocenters. The van der Waals surface area contributed by atoms with E-state index < -0.39 is 0 Å². The van der Waals surface area contributed by atoms with Crippen molar-refractivity contribution < 1.29 is 0 Å². The van der Waals surface area contributed by atoms with Crippen LogP contribution in [0.25, 0.3) is 0 Å². The van der Waals surface area contributed by atoms with Crippen LogP contribution in [0.2, 0.25) is 0 Å². The maximum atomic E-state index is 5.20. The molecular weight excluding hydrogens is 230 g/mol. The number of hydrogen-bond donors (Lipinski definition) is 2. The summed E-state index contributed by atoms with van der Waals surface area (Å²) in [7, 11) is 0. The fourth-order valence-corrected chi connectivity index (χ4v) is 2.11. The van der Waals surface area contributed by atoms with Gasteiger partial charge in [0, 0.05) is 19.6 Å². The van der Waals surface area contributed by atoms with Gasteiger partial charge in [0.15, 0.2) is 5.11 Å². The van der Waals surface area contributed by atoms with Crippen LogP contribution in [0.1, 0.15) is 33.1 Å². The van der Waals surface area contributed by atoms with Gasteiger partial charge in [0.1, 0.15) is 0 Å². The lowest BCUT2D eigenvalue weighted by Crippen LogP contribution is -2.41. The number of allylic oxidation sites excluding steroid dienone is 1. The van der Waals surface area contributed by atoms with Gasteiger partial charge in [0.05, 0.1) is 0 Å². The number of likely N-dealkylation sites (tertiary alicyclic amines) is 1. The molecule has 4 heteroatoms. The molecule has 1 heterocycles. The summed E-state index contributed by atoms with van der Waals surface area (Å²) in [6, 6.07) is 0. The predicted molar refractivity (Wildman–Crippen MR) is 78.3 cm³/mol. The smallest absolute Gasteiger partial charge is 0.166 e. The highest BCUT2D eigenvalue weighted by molar-refractivity contribution is 7.80. The minimum Gasteiger partial charge on any atom is -0.361 e. The molecule has 2 N–H and O–H groups in total. The summed E-state index contributed by atoms with van der Waals surface area (Å²) in [5.41, 5.74) is 1.31. The third kappa shape index (κ3) is 7.34. The minimum absolute atomic E-state index is 0.763. The van der Waals surface area contributed by atoms with Crippen LogP contribution < -0.4 is 10.6 Å². The molecule has 0 spiro atoms. The van der Waals surface area contributed by atoms with Crippen molar-refractivity contribution in [1.82, 2.24) is 15.5 Å². The lowest BCUT2D eigenvalue weighted by Gasteiger charge is -2.26. The summed E-state index contributed by atoms with van der Waals surface area (Å²) in [6.45, 7) is 9.55. The number of nitrogens with one attached hydrogen (secondary N) is 2. The van der Waals surface area contributed by atoms with Gasteiger partial charge < -0.3 is 15.5 Å². The van der Waals surface area contributed by atoms with Crippen LogP contribution in [0.15, 0.2) is 11.6 Å². The highest BCUT2D eigenvalue weighted by Crippen LogP contribution is 2.07. The van der Waals surface area contributed by atoms with E-state index in [4.69, 9.17) is 12.2 Å². The Hall–Kier alpha value is -0.610. The first-order valence-electron chi connectivity index (χ1n) is 6.56. The molecule has 0 radical (unpaired) electrons. The first kappa shape index (κ1) is 14.5. The van der Waals surface area contributed by atoms with Gasteiger partial charge in [-0.1, -0.05) is 18.1 Å². The summed E-state index contributed by atoms with van der Waals surface area (Å²) in [5, 5.41) is 7.19. The Balaban J connectivity index is 2.01. The molecule has 0 aromatic heterocycles. The van der Waals surface area contributed by atoms with Crippen molar-refractivity contribution in [2.75, 3.05) is 32.7 Å². The zero-order valence-corrected chi connectivity index (χ0v) is 11.9. The fourth-order valence-electron chi connectivity index (χ4n) is 1.92. The summed E-state index contributed by atoms with van der Waals surface area (Å²) in [5.74, 6) is 0. The van der Waals surface area contributed by atoms with E-state index >= 15 is 0 Å². The van der Waals surface area contributed by atoms with Gasteiger partial charge in [-0.2, -0.15) is 0 Å². The average Bonchev–Trinajstić information content (AvgIpc) is 2.30. The van der Waals surface area contributed by atoms with Crippen molar-refractivity contribution in [2.24, 2.45) is 0 Å². The predicted octanol–water partition coefficient (Wildman–Crippen LogP) is 1.90. The molecule has 17 heavy (non-hydrogen) atoms. The van der Waals surface area contributed by atoms with Gasteiger partial charge in [0.25, 0.3) is 0 Å². The molecule has 0 amide bonds. The van der Waals surface area contributed by atoms with Crippen LogP contribution in [-0.2, 0) is 0 Å². The molecule has 0 aromatic rings. The lowest BCUT2D eigenvalue weighted by molar-refractivity contribution is 0.232. The van der Waals surface area contributed by atoms with Gasteiger partial charge in [-0.15, -0.1) is 0 Å². The highest BCUT2D eigenvalue weighted by atomic mass is 32.1. The second-order valence-electron chi connectivity index (χ2n) is 4.82. The maximum absolute atomic E-state index is 5.20. The Morgan fingerprint density at radius 3 is 2.53 bits per heavy atom. The molecule has 1 saturated heterocycles. The normalized spacial score (nSPS) is 16.4. The van der Waals surface area contributed by atoms with E-state index in [2.05, 4.69) is 35.5 Å². The van der Waals surface area contributed by atoms with Crippen LogP contribution in [0.3, 0.4) is 0 Å². The number of nitrogens with zero attached hydrogens (tertiary/aromatic N) is 1. The molecule has 1 fully saturated rings. The summed E-state index contributed by atoms with van der Waals surface area (Å²) in [6.07, 6.45) is 6.23. The van der Waals surface area contributed by atoms with E-state index in [9.17, 15) is 0 Å². The summed E-state index contributed by atoms with van der Waals surface area (Å²) in [4.78, 5) is 2.51. The molecule has 1 aliphatic rings. The second-order valence-corrected chi connectivity index (χ2v) is 5.23. The second kappa shape index (κ2) is 8.48. The molecule has 3 nitrogen and oxygen atoms in total. The maximum Gasteiger partial charge on any atom is 0.166 e. The molecule has 0 atom stereocenters. The Morgan fingerprint density at radius 1 is 1.18 bits per heavy atom. The van der Waals surface area contributed by atoms with Gasteiger partial charge in [-0.25, -0.2) is 0 Å². The Morgan fingerprint density at radius 2 is 1.88 bits per heavy atom. The SMILES string of the molecule is CC(C)=CCNC(=S)NCCN1CCCCC1. The average molecular weight is 255 g/mol. The third-order valence-corrected chi connectivity index (χ3v) is 3.22. The minimum atomic E-state index is 0.763. The molecule has 0 saturated carbocycles. The van der Waals surface area contributed by atoms with E-state index in [-0.39, 0.29) is 0 Å². The molecule has 1 rings (SSSR count). The first-order valence-corrected chi connectivity index (χ1v) is 6.97. The fraction of sp³-hybridized carbons (Fsp3) is 0.769. The van der Waals surface area contributed by atoms with Crippen molar-refractivity contribution in [3.05, 3.63) is 11.6 Å². The highest BCUT2D eigenvalue weighted by Gasteiger charge is 2.08. The lowest BCUT2D eigenvalue weighted by atomic mass is 10.1. The zero-order chi connectivity index (χ0) is 12.5. The van der Waals surface area contributed by atoms with E-state index in [1.807, 2.05) is 0 Å². The van der Waals surface area contributed by atoms with Crippen LogP contribution in [0.4, 0.5) is 0 Å². The van der Waals surface area contributed by atoms with Crippen molar-refractivity contribution >= 4 is 17.3 Å². The Kier molecular flexibility index (Phi) is 7.21. The van der Waals surface area contributed by atoms with Crippen LogP contribution in [0.5, 0.6) is 0 Å². The van der Waals surface area contributed by atoms with E-state index in [1.54, 1.807) is 0 Å². The molecule has 0 aliphatic carbocycles. The topological polar surface area (TPSA) is 27.3 Å². The van der Waals surface area contributed by atoms with Crippen molar-refractivity contribution in [3.63, 3.8) is 0 Å². The van der Waals surface area contributed by atoms with Crippen LogP contribution in [0, 0.1) is 0 Å². The standard InChI is InChI=1S/C13H25N3S/c1-12(2)6-7-14-13(17)15-8-11-16-9-4-3-5-10-16/h6H,3-5,7-11H2,1-2H3,(H2,14,15,17). The quantitative estimate of drug-likeness (QED) is 0.580. The van der Waals surface area contributed by atoms with Crippen molar-refractivity contribution in [3.8, 4) is 0 Å². The molecule has 1 aliphatic heterocycles. The molecule has 0 bridgehead atoms. The van der Waals surface area contributed by atoms with E-state index in [0.29, 0.717) is 0 Å². The summed E-state index contributed by atoms with van der Waals surface area (Å²) < 4.78 is 0. The molecule has 98 valence electrons. The first-order chi connectivity index (χ1) is 8.18. The van der Waals surface area contributed by atoms with Gasteiger partial charge in [0.2, 0.25) is 0 Å². The molecular formula is C13H25N3S. The number of rotatable bonds is 5. The summed E-state index contributed by atoms with van der Waals surface area (Å²) >= 11 is 5.20. The van der Waals surface area contributed by atoms with Gasteiger partial charge in [-0.3, -0.25) is 0 Å². The largest absolute Gasteiger partial charge is 0.361 e. The van der Waals surface area contributed by atoms with Crippen molar-refractivity contribution in [2.45, 2.75) is 33.1 Å². The van der Waals surface area contributed by atoms with E-state index in [0.717, 1.165) is 24.7 Å². The zero-order valence-electron chi connectivity index (χ0n) is 11.1. The number of hydrogen-bond acceptors (Lipinski definition) is 2. The van der Waals surface area contributed by atoms with Gasteiger partial charge in [-0.05, 0) is 52.0 Å². The van der Waals surface area contributed by atoms with Crippen LogP contribution >= 0.6 is 12.2 Å². The Labute approximate surface area is 111 Å². The Bertz CT molecular complexity index is 253. The van der Waals surface area contributed by atoms with Crippen LogP contribution in [-0.4, -0.2) is 42.7 Å². The van der Waals surface area contributed by atoms with Gasteiger partial charge >= 0.3 is 0 Å².